The average Bonchev–Trinajstić information content (AvgIpc) is 2.40. The number of alkyl halides is 3. The second kappa shape index (κ2) is 5.39. The molecule has 1 amide bonds. The zero-order valence-electron chi connectivity index (χ0n) is 10.3. The van der Waals surface area contributed by atoms with Crippen molar-refractivity contribution in [2.75, 3.05) is 5.32 Å². The summed E-state index contributed by atoms with van der Waals surface area (Å²) in [5, 5.41) is 1.95. The van der Waals surface area contributed by atoms with Crippen molar-refractivity contribution in [2.24, 2.45) is 0 Å². The van der Waals surface area contributed by atoms with E-state index in [4.69, 9.17) is 0 Å². The minimum absolute atomic E-state index is 0.339. The molecule has 0 radical (unpaired) electrons. The molecule has 0 bridgehead atoms. The topological polar surface area (TPSA) is 62.0 Å². The lowest BCUT2D eigenvalue weighted by atomic mass is 10.1. The van der Waals surface area contributed by atoms with Gasteiger partial charge in [0.15, 0.2) is 5.43 Å². The number of pyridine rings is 1. The first-order chi connectivity index (χ1) is 9.79. The van der Waals surface area contributed by atoms with Gasteiger partial charge >= 0.3 is 6.18 Å². The van der Waals surface area contributed by atoms with Crippen molar-refractivity contribution in [2.45, 2.75) is 6.18 Å². The predicted octanol–water partition coefficient (Wildman–Crippen LogP) is 2.79. The molecule has 1 heterocycles. The van der Waals surface area contributed by atoms with Crippen LogP contribution in [0.25, 0.3) is 0 Å². The summed E-state index contributed by atoms with van der Waals surface area (Å²) in [6.07, 6.45) is -2.31. The van der Waals surface area contributed by atoms with Crippen LogP contribution >= 0.6 is 0 Å². The van der Waals surface area contributed by atoms with Gasteiger partial charge in [-0.05, 0) is 18.2 Å². The third-order valence-corrected chi connectivity index (χ3v) is 2.61. The van der Waals surface area contributed by atoms with Gasteiger partial charge < -0.3 is 10.3 Å². The Morgan fingerprint density at radius 1 is 1.19 bits per heavy atom. The fourth-order valence-electron chi connectivity index (χ4n) is 1.58. The first-order valence-corrected chi connectivity index (χ1v) is 5.64. The molecule has 0 unspecified atom stereocenters. The maximum absolute atomic E-state index is 13.5. The van der Waals surface area contributed by atoms with Crippen molar-refractivity contribution >= 4 is 11.6 Å². The summed E-state index contributed by atoms with van der Waals surface area (Å²) in [6.45, 7) is 0. The molecule has 0 aliphatic carbocycles. The van der Waals surface area contributed by atoms with Crippen molar-refractivity contribution in [3.8, 4) is 0 Å². The first kappa shape index (κ1) is 14.8. The number of hydrogen-bond donors (Lipinski definition) is 2. The highest BCUT2D eigenvalue weighted by Crippen LogP contribution is 2.31. The normalized spacial score (nSPS) is 11.2. The molecule has 110 valence electrons. The van der Waals surface area contributed by atoms with Crippen molar-refractivity contribution in [1.82, 2.24) is 4.98 Å². The van der Waals surface area contributed by atoms with Crippen LogP contribution in [0.5, 0.6) is 0 Å². The Hall–Kier alpha value is -2.64. The summed E-state index contributed by atoms with van der Waals surface area (Å²) >= 11 is 0. The highest BCUT2D eigenvalue weighted by atomic mass is 19.4. The van der Waals surface area contributed by atoms with E-state index in [1.54, 1.807) is 0 Å². The molecule has 2 rings (SSSR count). The van der Waals surface area contributed by atoms with Crippen molar-refractivity contribution < 1.29 is 22.4 Å². The number of aromatic nitrogens is 1. The molecule has 1 aromatic carbocycles. The number of rotatable bonds is 2. The zero-order chi connectivity index (χ0) is 15.6. The van der Waals surface area contributed by atoms with Gasteiger partial charge in [-0.2, -0.15) is 13.2 Å². The van der Waals surface area contributed by atoms with Crippen LogP contribution < -0.4 is 10.7 Å². The van der Waals surface area contributed by atoms with Crippen LogP contribution in [0.15, 0.2) is 41.5 Å². The van der Waals surface area contributed by atoms with Crippen molar-refractivity contribution in [3.63, 3.8) is 0 Å². The lowest BCUT2D eigenvalue weighted by Crippen LogP contribution is -2.21. The Morgan fingerprint density at radius 2 is 1.90 bits per heavy atom. The molecule has 0 saturated heterocycles. The summed E-state index contributed by atoms with van der Waals surface area (Å²) in [4.78, 5) is 25.7. The van der Waals surface area contributed by atoms with E-state index in [1.165, 1.54) is 6.20 Å². The molecule has 2 aromatic rings. The van der Waals surface area contributed by atoms with E-state index in [1.807, 2.05) is 5.32 Å². The van der Waals surface area contributed by atoms with Crippen LogP contribution in [0.3, 0.4) is 0 Å². The Balaban J connectivity index is 2.34. The number of carbonyl (C=O) groups is 1. The smallest absolute Gasteiger partial charge is 0.367 e. The number of amides is 1. The van der Waals surface area contributed by atoms with Crippen LogP contribution in [0.2, 0.25) is 0 Å². The fourth-order valence-corrected chi connectivity index (χ4v) is 1.58. The van der Waals surface area contributed by atoms with Gasteiger partial charge in [0.1, 0.15) is 11.4 Å². The van der Waals surface area contributed by atoms with Crippen molar-refractivity contribution in [1.29, 1.82) is 0 Å². The highest BCUT2D eigenvalue weighted by Gasteiger charge is 2.31. The third kappa shape index (κ3) is 3.28. The Bertz CT molecular complexity index is 737. The second-order valence-corrected chi connectivity index (χ2v) is 4.07. The largest absolute Gasteiger partial charge is 0.416 e. The van der Waals surface area contributed by atoms with Gasteiger partial charge in [0.25, 0.3) is 5.91 Å². The molecule has 0 aliphatic heterocycles. The SMILES string of the molecule is O=C(Nc1cc(C(F)(F)F)ccc1F)c1c[nH]ccc1=O. The van der Waals surface area contributed by atoms with Crippen LogP contribution in [0, 0.1) is 5.82 Å². The second-order valence-electron chi connectivity index (χ2n) is 4.07. The number of anilines is 1. The molecule has 0 spiro atoms. The number of halogens is 4. The quantitative estimate of drug-likeness (QED) is 0.838. The Kier molecular flexibility index (Phi) is 3.79. The molecule has 2 N–H and O–H groups in total. The summed E-state index contributed by atoms with van der Waals surface area (Å²) in [6, 6.07) is 2.68. The average molecular weight is 300 g/mol. The summed E-state index contributed by atoms with van der Waals surface area (Å²) in [5.41, 5.74) is -2.74. The van der Waals surface area contributed by atoms with Crippen LogP contribution in [0.1, 0.15) is 15.9 Å². The molecule has 1 aromatic heterocycles. The molecule has 8 heteroatoms. The van der Waals surface area contributed by atoms with Crippen LogP contribution in [0.4, 0.5) is 23.2 Å². The van der Waals surface area contributed by atoms with Gasteiger partial charge in [-0.1, -0.05) is 0 Å². The van der Waals surface area contributed by atoms with E-state index < -0.39 is 34.6 Å². The van der Waals surface area contributed by atoms with E-state index in [2.05, 4.69) is 4.98 Å². The maximum atomic E-state index is 13.5. The van der Waals surface area contributed by atoms with Gasteiger partial charge in [0.2, 0.25) is 0 Å². The fraction of sp³-hybridized carbons (Fsp3) is 0.0769. The number of H-pyrrole nitrogens is 1. The van der Waals surface area contributed by atoms with Crippen molar-refractivity contribution in [3.05, 3.63) is 63.8 Å². The van der Waals surface area contributed by atoms with E-state index in [9.17, 15) is 27.2 Å². The number of benzene rings is 1. The van der Waals surface area contributed by atoms with Gasteiger partial charge in [-0.15, -0.1) is 0 Å². The van der Waals surface area contributed by atoms with Crippen LogP contribution in [-0.2, 0) is 6.18 Å². The van der Waals surface area contributed by atoms with E-state index in [0.29, 0.717) is 18.2 Å². The van der Waals surface area contributed by atoms with Gasteiger partial charge in [-0.25, -0.2) is 4.39 Å². The van der Waals surface area contributed by atoms with Gasteiger partial charge in [-0.3, -0.25) is 9.59 Å². The molecular formula is C13H8F4N2O2. The number of carbonyl (C=O) groups excluding carboxylic acids is 1. The van der Waals surface area contributed by atoms with E-state index in [-0.39, 0.29) is 5.56 Å². The first-order valence-electron chi connectivity index (χ1n) is 5.64. The zero-order valence-corrected chi connectivity index (χ0v) is 10.3. The number of aromatic amines is 1. The third-order valence-electron chi connectivity index (χ3n) is 2.61. The molecular weight excluding hydrogens is 292 g/mol. The lowest BCUT2D eigenvalue weighted by molar-refractivity contribution is -0.137. The summed E-state index contributed by atoms with van der Waals surface area (Å²) < 4.78 is 51.1. The summed E-state index contributed by atoms with van der Waals surface area (Å²) in [7, 11) is 0. The van der Waals surface area contributed by atoms with E-state index >= 15 is 0 Å². The van der Waals surface area contributed by atoms with E-state index in [0.717, 1.165) is 12.3 Å². The minimum Gasteiger partial charge on any atom is -0.367 e. The standard InChI is InChI=1S/C13H8F4N2O2/c14-9-2-1-7(13(15,16)17)5-10(9)19-12(21)8-6-18-4-3-11(8)20/h1-6H,(H,18,20)(H,19,21). The number of hydrogen-bond acceptors (Lipinski definition) is 2. The molecule has 4 nitrogen and oxygen atoms in total. The predicted molar refractivity (Wildman–Crippen MR) is 66.4 cm³/mol. The molecule has 0 aliphatic rings. The summed E-state index contributed by atoms with van der Waals surface area (Å²) in [5.74, 6) is -2.04. The maximum Gasteiger partial charge on any atom is 0.416 e. The molecule has 0 saturated carbocycles. The number of nitrogens with one attached hydrogen (secondary N) is 2. The minimum atomic E-state index is -4.67. The van der Waals surface area contributed by atoms with Crippen LogP contribution in [-0.4, -0.2) is 10.9 Å². The molecule has 21 heavy (non-hydrogen) atoms. The molecule has 0 fully saturated rings. The lowest BCUT2D eigenvalue weighted by Gasteiger charge is -2.10. The molecule has 0 atom stereocenters. The monoisotopic (exact) mass is 300 g/mol. The van der Waals surface area contributed by atoms with Gasteiger partial charge in [0, 0.05) is 18.5 Å². The Labute approximate surface area is 115 Å². The Morgan fingerprint density at radius 3 is 2.52 bits per heavy atom. The van der Waals surface area contributed by atoms with Gasteiger partial charge in [0.05, 0.1) is 11.3 Å². The highest BCUT2D eigenvalue weighted by molar-refractivity contribution is 6.04.